The Morgan fingerprint density at radius 1 is 1.35 bits per heavy atom. The first-order chi connectivity index (χ1) is 9.54. The standard InChI is InChI=1S/C13H22N2O5/c1-20-10(13(18)19)8-14-11(16)9-15-7-5-3-2-4-6-12(15)17/h10H,2-9H2,1H3,(H,14,16)(H,18,19). The molecule has 0 spiro atoms. The van der Waals surface area contributed by atoms with E-state index in [0.29, 0.717) is 13.0 Å². The van der Waals surface area contributed by atoms with Crippen LogP contribution in [0.1, 0.15) is 32.1 Å². The lowest BCUT2D eigenvalue weighted by Gasteiger charge is -2.24. The predicted molar refractivity (Wildman–Crippen MR) is 71.1 cm³/mol. The van der Waals surface area contributed by atoms with Crippen molar-refractivity contribution < 1.29 is 24.2 Å². The van der Waals surface area contributed by atoms with Crippen LogP contribution in [0.15, 0.2) is 0 Å². The van der Waals surface area contributed by atoms with Crippen LogP contribution in [0.2, 0.25) is 0 Å². The molecule has 2 amide bonds. The molecular formula is C13H22N2O5. The first kappa shape index (κ1) is 16.4. The van der Waals surface area contributed by atoms with Gasteiger partial charge in [0.15, 0.2) is 6.10 Å². The summed E-state index contributed by atoms with van der Waals surface area (Å²) in [5, 5.41) is 11.3. The minimum absolute atomic E-state index is 0.0126. The molecule has 0 aromatic carbocycles. The molecule has 20 heavy (non-hydrogen) atoms. The molecule has 114 valence electrons. The van der Waals surface area contributed by atoms with Gasteiger partial charge in [0.1, 0.15) is 0 Å². The SMILES string of the molecule is COC(CNC(=O)CN1CCCCCCC1=O)C(=O)O. The van der Waals surface area contributed by atoms with Crippen LogP contribution < -0.4 is 5.32 Å². The lowest BCUT2D eigenvalue weighted by Crippen LogP contribution is -2.45. The van der Waals surface area contributed by atoms with Gasteiger partial charge in [-0.25, -0.2) is 4.79 Å². The fraction of sp³-hybridized carbons (Fsp3) is 0.769. The number of methoxy groups -OCH3 is 1. The van der Waals surface area contributed by atoms with Gasteiger partial charge in [-0.05, 0) is 12.8 Å². The molecule has 1 saturated heterocycles. The van der Waals surface area contributed by atoms with Crippen LogP contribution in [-0.2, 0) is 19.1 Å². The number of ether oxygens (including phenoxy) is 1. The second-order valence-electron chi connectivity index (χ2n) is 4.85. The van der Waals surface area contributed by atoms with Gasteiger partial charge in [-0.1, -0.05) is 12.8 Å². The average Bonchev–Trinajstić information content (AvgIpc) is 2.39. The molecule has 0 bridgehead atoms. The zero-order valence-electron chi connectivity index (χ0n) is 11.8. The Morgan fingerprint density at radius 3 is 2.70 bits per heavy atom. The third kappa shape index (κ3) is 5.56. The summed E-state index contributed by atoms with van der Waals surface area (Å²) in [5.74, 6) is -1.50. The van der Waals surface area contributed by atoms with Gasteiger partial charge >= 0.3 is 5.97 Å². The molecule has 0 aliphatic carbocycles. The number of nitrogens with one attached hydrogen (secondary N) is 1. The smallest absolute Gasteiger partial charge is 0.334 e. The Balaban J connectivity index is 2.39. The van der Waals surface area contributed by atoms with Gasteiger partial charge in [0.25, 0.3) is 0 Å². The lowest BCUT2D eigenvalue weighted by atomic mass is 10.1. The van der Waals surface area contributed by atoms with E-state index in [1.807, 2.05) is 0 Å². The number of hydrogen-bond donors (Lipinski definition) is 2. The van der Waals surface area contributed by atoms with Crippen molar-refractivity contribution in [2.24, 2.45) is 0 Å². The molecule has 0 radical (unpaired) electrons. The fourth-order valence-corrected chi connectivity index (χ4v) is 2.09. The molecular weight excluding hydrogens is 264 g/mol. The van der Waals surface area contributed by atoms with E-state index in [2.05, 4.69) is 5.32 Å². The largest absolute Gasteiger partial charge is 0.479 e. The van der Waals surface area contributed by atoms with Gasteiger partial charge in [0, 0.05) is 20.1 Å². The molecule has 1 aliphatic heterocycles. The molecule has 1 rings (SSSR count). The zero-order chi connectivity index (χ0) is 15.0. The first-order valence-corrected chi connectivity index (χ1v) is 6.84. The molecule has 0 saturated carbocycles. The molecule has 7 nitrogen and oxygen atoms in total. The van der Waals surface area contributed by atoms with E-state index in [1.54, 1.807) is 0 Å². The Kier molecular flexibility index (Phi) is 7.00. The summed E-state index contributed by atoms with van der Waals surface area (Å²) < 4.78 is 4.71. The highest BCUT2D eigenvalue weighted by Crippen LogP contribution is 2.11. The van der Waals surface area contributed by atoms with Crippen LogP contribution in [0.5, 0.6) is 0 Å². The molecule has 0 aromatic rings. The minimum Gasteiger partial charge on any atom is -0.479 e. The maximum absolute atomic E-state index is 11.8. The molecule has 2 N–H and O–H groups in total. The van der Waals surface area contributed by atoms with Crippen LogP contribution in [0.4, 0.5) is 0 Å². The van der Waals surface area contributed by atoms with Crippen molar-refractivity contribution in [1.82, 2.24) is 10.2 Å². The number of carbonyl (C=O) groups is 3. The number of rotatable bonds is 6. The number of carbonyl (C=O) groups excluding carboxylic acids is 2. The molecule has 7 heteroatoms. The maximum Gasteiger partial charge on any atom is 0.334 e. The minimum atomic E-state index is -1.13. The molecule has 1 aliphatic rings. The van der Waals surface area contributed by atoms with E-state index < -0.39 is 12.1 Å². The van der Waals surface area contributed by atoms with Crippen molar-refractivity contribution in [3.05, 3.63) is 0 Å². The normalized spacial score (nSPS) is 18.1. The van der Waals surface area contributed by atoms with Crippen molar-refractivity contribution in [2.45, 2.75) is 38.2 Å². The van der Waals surface area contributed by atoms with E-state index >= 15 is 0 Å². The average molecular weight is 286 g/mol. The third-order valence-electron chi connectivity index (χ3n) is 3.30. The van der Waals surface area contributed by atoms with Crippen molar-refractivity contribution in [3.8, 4) is 0 Å². The number of carboxylic acids is 1. The van der Waals surface area contributed by atoms with E-state index in [4.69, 9.17) is 9.84 Å². The molecule has 1 fully saturated rings. The van der Waals surface area contributed by atoms with E-state index in [1.165, 1.54) is 12.0 Å². The number of aliphatic carboxylic acids is 1. The van der Waals surface area contributed by atoms with Gasteiger partial charge < -0.3 is 20.1 Å². The third-order valence-corrected chi connectivity index (χ3v) is 3.30. The van der Waals surface area contributed by atoms with Crippen LogP contribution >= 0.6 is 0 Å². The highest BCUT2D eigenvalue weighted by atomic mass is 16.5. The van der Waals surface area contributed by atoms with E-state index in [-0.39, 0.29) is 24.9 Å². The quantitative estimate of drug-likeness (QED) is 0.716. The molecule has 1 atom stereocenters. The van der Waals surface area contributed by atoms with Crippen molar-refractivity contribution in [3.63, 3.8) is 0 Å². The molecule has 1 heterocycles. The molecule has 0 aromatic heterocycles. The van der Waals surface area contributed by atoms with Gasteiger partial charge in [0.05, 0.1) is 13.1 Å². The van der Waals surface area contributed by atoms with Crippen molar-refractivity contribution in [1.29, 1.82) is 0 Å². The number of likely N-dealkylation sites (tertiary alicyclic amines) is 1. The van der Waals surface area contributed by atoms with E-state index in [0.717, 1.165) is 25.7 Å². The van der Waals surface area contributed by atoms with Gasteiger partial charge in [-0.3, -0.25) is 9.59 Å². The highest BCUT2D eigenvalue weighted by molar-refractivity contribution is 5.85. The summed E-state index contributed by atoms with van der Waals surface area (Å²) in [6.07, 6.45) is 3.29. The Bertz CT molecular complexity index is 359. The maximum atomic E-state index is 11.8. The lowest BCUT2D eigenvalue weighted by molar-refractivity contribution is -0.148. The Morgan fingerprint density at radius 2 is 2.05 bits per heavy atom. The van der Waals surface area contributed by atoms with Crippen LogP contribution in [0.25, 0.3) is 0 Å². The summed E-state index contributed by atoms with van der Waals surface area (Å²) in [4.78, 5) is 35.8. The van der Waals surface area contributed by atoms with Crippen LogP contribution in [-0.4, -0.2) is 60.6 Å². The highest BCUT2D eigenvalue weighted by Gasteiger charge is 2.20. The van der Waals surface area contributed by atoms with Crippen molar-refractivity contribution in [2.75, 3.05) is 26.7 Å². The molecule has 1 unspecified atom stereocenters. The first-order valence-electron chi connectivity index (χ1n) is 6.84. The summed E-state index contributed by atoms with van der Waals surface area (Å²) >= 11 is 0. The predicted octanol–water partition coefficient (Wildman–Crippen LogP) is -0.00510. The van der Waals surface area contributed by atoms with Crippen molar-refractivity contribution >= 4 is 17.8 Å². The van der Waals surface area contributed by atoms with Gasteiger partial charge in [-0.2, -0.15) is 0 Å². The van der Waals surface area contributed by atoms with Crippen LogP contribution in [0.3, 0.4) is 0 Å². The summed E-state index contributed by atoms with van der Waals surface area (Å²) in [6, 6.07) is 0. The summed E-state index contributed by atoms with van der Waals surface area (Å²) in [7, 11) is 1.27. The monoisotopic (exact) mass is 286 g/mol. The summed E-state index contributed by atoms with van der Waals surface area (Å²) in [6.45, 7) is 0.459. The van der Waals surface area contributed by atoms with Gasteiger partial charge in [0.2, 0.25) is 11.8 Å². The number of hydrogen-bond acceptors (Lipinski definition) is 4. The second kappa shape index (κ2) is 8.52. The number of amides is 2. The topological polar surface area (TPSA) is 95.9 Å². The Labute approximate surface area is 118 Å². The second-order valence-corrected chi connectivity index (χ2v) is 4.85. The van der Waals surface area contributed by atoms with Gasteiger partial charge in [-0.15, -0.1) is 0 Å². The fourth-order valence-electron chi connectivity index (χ4n) is 2.09. The summed E-state index contributed by atoms with van der Waals surface area (Å²) in [5.41, 5.74) is 0. The Hall–Kier alpha value is -1.63. The number of nitrogens with zero attached hydrogens (tertiary/aromatic N) is 1. The van der Waals surface area contributed by atoms with E-state index in [9.17, 15) is 14.4 Å². The van der Waals surface area contributed by atoms with Crippen LogP contribution in [0, 0.1) is 0 Å². The number of carboxylic acid groups (broad SMARTS) is 1. The zero-order valence-corrected chi connectivity index (χ0v) is 11.8.